The normalized spacial score (nSPS) is 12.4. The Bertz CT molecular complexity index is 762. The maximum Gasteiger partial charge on any atom is 0.320 e. The number of rotatable bonds is 5. The summed E-state index contributed by atoms with van der Waals surface area (Å²) >= 11 is 0. The number of aromatic nitrogens is 2. The van der Waals surface area contributed by atoms with Crippen molar-refractivity contribution < 1.29 is 9.59 Å². The number of nitrogens with zero attached hydrogens (tertiary/aromatic N) is 3. The molecule has 130 valence electrons. The number of urea groups is 1. The lowest BCUT2D eigenvalue weighted by atomic mass is 10.2. The van der Waals surface area contributed by atoms with E-state index < -0.39 is 0 Å². The molecule has 0 bridgehead atoms. The lowest BCUT2D eigenvalue weighted by molar-refractivity contribution is 0.0957. The molecule has 0 saturated carbocycles. The highest BCUT2D eigenvalue weighted by Crippen LogP contribution is 2.26. The van der Waals surface area contributed by atoms with Crippen molar-refractivity contribution in [3.05, 3.63) is 47.7 Å². The Morgan fingerprint density at radius 2 is 2.00 bits per heavy atom. The molecule has 1 aliphatic heterocycles. The zero-order chi connectivity index (χ0) is 17.6. The van der Waals surface area contributed by atoms with Crippen LogP contribution in [0.15, 0.2) is 36.4 Å². The summed E-state index contributed by atoms with van der Waals surface area (Å²) in [6.45, 7) is 2.23. The predicted molar refractivity (Wildman–Crippen MR) is 94.8 cm³/mol. The van der Waals surface area contributed by atoms with Crippen molar-refractivity contribution in [1.82, 2.24) is 20.8 Å². The SMILES string of the molecule is CNC(=O)c1ccc(NC(=O)NCCN2CCc3ccccc32)nn1. The van der Waals surface area contributed by atoms with Gasteiger partial charge in [-0.05, 0) is 30.2 Å². The first-order valence-electron chi connectivity index (χ1n) is 8.11. The highest BCUT2D eigenvalue weighted by molar-refractivity contribution is 5.92. The average molecular weight is 340 g/mol. The third-order valence-electron chi connectivity index (χ3n) is 4.02. The van der Waals surface area contributed by atoms with Crippen LogP contribution in [0, 0.1) is 0 Å². The van der Waals surface area contributed by atoms with Gasteiger partial charge in [0.25, 0.3) is 5.91 Å². The summed E-state index contributed by atoms with van der Waals surface area (Å²) in [7, 11) is 1.52. The van der Waals surface area contributed by atoms with Gasteiger partial charge in [-0.2, -0.15) is 0 Å². The Hall–Kier alpha value is -3.16. The van der Waals surface area contributed by atoms with Crippen molar-refractivity contribution in [1.29, 1.82) is 0 Å². The van der Waals surface area contributed by atoms with Crippen molar-refractivity contribution in [2.45, 2.75) is 6.42 Å². The fraction of sp³-hybridized carbons (Fsp3) is 0.294. The van der Waals surface area contributed by atoms with E-state index in [-0.39, 0.29) is 23.5 Å². The summed E-state index contributed by atoms with van der Waals surface area (Å²) in [5, 5.41) is 15.4. The van der Waals surface area contributed by atoms with Crippen LogP contribution in [0.1, 0.15) is 16.1 Å². The number of nitrogens with one attached hydrogen (secondary N) is 3. The van der Waals surface area contributed by atoms with Gasteiger partial charge in [-0.15, -0.1) is 10.2 Å². The predicted octanol–water partition coefficient (Wildman–Crippen LogP) is 1.02. The van der Waals surface area contributed by atoms with Crippen LogP contribution >= 0.6 is 0 Å². The van der Waals surface area contributed by atoms with Gasteiger partial charge >= 0.3 is 6.03 Å². The van der Waals surface area contributed by atoms with Gasteiger partial charge in [0.2, 0.25) is 0 Å². The molecule has 1 aliphatic rings. The number of para-hydroxylation sites is 1. The molecule has 8 nitrogen and oxygen atoms in total. The second-order valence-electron chi connectivity index (χ2n) is 5.63. The lowest BCUT2D eigenvalue weighted by Crippen LogP contribution is -2.36. The fourth-order valence-electron chi connectivity index (χ4n) is 2.75. The monoisotopic (exact) mass is 340 g/mol. The van der Waals surface area contributed by atoms with Crippen LogP contribution in [0.2, 0.25) is 0 Å². The number of carbonyl (C=O) groups is 2. The number of amides is 3. The van der Waals surface area contributed by atoms with E-state index in [1.807, 2.05) is 12.1 Å². The van der Waals surface area contributed by atoms with Crippen molar-refractivity contribution >= 4 is 23.4 Å². The molecule has 0 radical (unpaired) electrons. The van der Waals surface area contributed by atoms with E-state index in [1.165, 1.54) is 30.4 Å². The molecule has 0 fully saturated rings. The summed E-state index contributed by atoms with van der Waals surface area (Å²) in [4.78, 5) is 25.6. The maximum atomic E-state index is 11.9. The van der Waals surface area contributed by atoms with Crippen LogP contribution in [0.4, 0.5) is 16.3 Å². The highest BCUT2D eigenvalue weighted by Gasteiger charge is 2.17. The van der Waals surface area contributed by atoms with E-state index in [0.717, 1.165) is 19.5 Å². The van der Waals surface area contributed by atoms with Crippen LogP contribution < -0.4 is 20.9 Å². The quantitative estimate of drug-likeness (QED) is 0.755. The average Bonchev–Trinajstić information content (AvgIpc) is 3.05. The smallest absolute Gasteiger partial charge is 0.320 e. The number of hydrogen-bond donors (Lipinski definition) is 3. The molecule has 0 unspecified atom stereocenters. The summed E-state index contributed by atoms with van der Waals surface area (Å²) in [5.41, 5.74) is 2.78. The molecular weight excluding hydrogens is 320 g/mol. The van der Waals surface area contributed by atoms with Crippen LogP contribution in [0.25, 0.3) is 0 Å². The molecule has 3 N–H and O–H groups in total. The number of hydrogen-bond acceptors (Lipinski definition) is 5. The number of carbonyl (C=O) groups excluding carboxylic acids is 2. The molecule has 1 aromatic heterocycles. The molecule has 1 aromatic carbocycles. The minimum absolute atomic E-state index is 0.196. The summed E-state index contributed by atoms with van der Waals surface area (Å²) in [6.07, 6.45) is 1.04. The third kappa shape index (κ3) is 4.03. The topological polar surface area (TPSA) is 99.2 Å². The van der Waals surface area contributed by atoms with Gasteiger partial charge in [0.05, 0.1) is 0 Å². The van der Waals surface area contributed by atoms with E-state index >= 15 is 0 Å². The molecular formula is C17H20N6O2. The minimum Gasteiger partial charge on any atom is -0.369 e. The van der Waals surface area contributed by atoms with Crippen LogP contribution in [0.3, 0.4) is 0 Å². The highest BCUT2D eigenvalue weighted by atomic mass is 16.2. The lowest BCUT2D eigenvalue weighted by Gasteiger charge is -2.19. The number of fused-ring (bicyclic) bond motifs is 1. The molecule has 25 heavy (non-hydrogen) atoms. The Labute approximate surface area is 145 Å². The maximum absolute atomic E-state index is 11.9. The van der Waals surface area contributed by atoms with Gasteiger partial charge in [0.15, 0.2) is 11.5 Å². The van der Waals surface area contributed by atoms with Gasteiger partial charge in [0.1, 0.15) is 0 Å². The van der Waals surface area contributed by atoms with Crippen LogP contribution in [-0.4, -0.2) is 48.8 Å². The first kappa shape index (κ1) is 16.7. The van der Waals surface area contributed by atoms with Gasteiger partial charge in [0, 0.05) is 32.4 Å². The van der Waals surface area contributed by atoms with Gasteiger partial charge in [-0.1, -0.05) is 18.2 Å². The molecule has 0 spiro atoms. The van der Waals surface area contributed by atoms with E-state index in [1.54, 1.807) is 0 Å². The fourth-order valence-corrected chi connectivity index (χ4v) is 2.75. The van der Waals surface area contributed by atoms with Crippen molar-refractivity contribution in [3.63, 3.8) is 0 Å². The third-order valence-corrected chi connectivity index (χ3v) is 4.02. The molecule has 0 aliphatic carbocycles. The second-order valence-corrected chi connectivity index (χ2v) is 5.63. The zero-order valence-corrected chi connectivity index (χ0v) is 14.0. The van der Waals surface area contributed by atoms with E-state index in [4.69, 9.17) is 0 Å². The van der Waals surface area contributed by atoms with E-state index in [0.29, 0.717) is 6.54 Å². The number of anilines is 2. The van der Waals surface area contributed by atoms with Crippen LogP contribution in [-0.2, 0) is 6.42 Å². The molecule has 2 heterocycles. The molecule has 3 rings (SSSR count). The Morgan fingerprint density at radius 3 is 2.76 bits per heavy atom. The molecule has 8 heteroatoms. The largest absolute Gasteiger partial charge is 0.369 e. The Morgan fingerprint density at radius 1 is 1.16 bits per heavy atom. The first-order chi connectivity index (χ1) is 12.2. The summed E-state index contributed by atoms with van der Waals surface area (Å²) in [5.74, 6) is -0.0360. The molecule has 3 amide bonds. The van der Waals surface area contributed by atoms with Gasteiger partial charge in [-0.25, -0.2) is 4.79 Å². The molecule has 0 saturated heterocycles. The minimum atomic E-state index is -0.352. The first-order valence-corrected chi connectivity index (χ1v) is 8.11. The zero-order valence-electron chi connectivity index (χ0n) is 14.0. The Kier molecular flexibility index (Phi) is 5.08. The van der Waals surface area contributed by atoms with Crippen molar-refractivity contribution in [2.24, 2.45) is 0 Å². The summed E-state index contributed by atoms with van der Waals surface area (Å²) in [6, 6.07) is 11.0. The van der Waals surface area contributed by atoms with Crippen molar-refractivity contribution in [3.8, 4) is 0 Å². The molecule has 2 aromatic rings. The van der Waals surface area contributed by atoms with E-state index in [2.05, 4.69) is 43.2 Å². The summed E-state index contributed by atoms with van der Waals surface area (Å²) < 4.78 is 0. The second kappa shape index (κ2) is 7.61. The Balaban J connectivity index is 1.45. The van der Waals surface area contributed by atoms with Gasteiger partial charge in [-0.3, -0.25) is 10.1 Å². The number of benzene rings is 1. The van der Waals surface area contributed by atoms with E-state index in [9.17, 15) is 9.59 Å². The molecule has 0 atom stereocenters. The van der Waals surface area contributed by atoms with Gasteiger partial charge < -0.3 is 15.5 Å². The van der Waals surface area contributed by atoms with Crippen LogP contribution in [0.5, 0.6) is 0 Å². The van der Waals surface area contributed by atoms with Crippen molar-refractivity contribution in [2.75, 3.05) is 36.9 Å². The standard InChI is InChI=1S/C17H20N6O2/c1-18-16(24)13-6-7-15(22-21-13)20-17(25)19-9-11-23-10-8-12-4-2-3-5-14(12)23/h2-7H,8-11H2,1H3,(H,18,24)(H2,19,20,22,25).